The van der Waals surface area contributed by atoms with Crippen LogP contribution in [0.25, 0.3) is 0 Å². The molecule has 1 heterocycles. The minimum atomic E-state index is -0.250. The average Bonchev–Trinajstić information content (AvgIpc) is 2.93. The van der Waals surface area contributed by atoms with Crippen molar-refractivity contribution in [3.63, 3.8) is 0 Å². The lowest BCUT2D eigenvalue weighted by molar-refractivity contribution is -0.121. The van der Waals surface area contributed by atoms with Crippen LogP contribution in [0.5, 0.6) is 0 Å². The van der Waals surface area contributed by atoms with Crippen LogP contribution >= 0.6 is 36.2 Å². The summed E-state index contributed by atoms with van der Waals surface area (Å²) in [7, 11) is 0. The third-order valence-electron chi connectivity index (χ3n) is 2.82. The maximum Gasteiger partial charge on any atom is 0.221 e. The van der Waals surface area contributed by atoms with Gasteiger partial charge in [0.05, 0.1) is 11.2 Å². The highest BCUT2D eigenvalue weighted by atomic mass is 35.5. The fourth-order valence-electron chi connectivity index (χ4n) is 1.78. The van der Waals surface area contributed by atoms with Crippen molar-refractivity contribution in [3.05, 3.63) is 52.5 Å². The number of nitrogens with one attached hydrogen (secondary N) is 1. The molecule has 1 aromatic carbocycles. The summed E-state index contributed by atoms with van der Waals surface area (Å²) in [5.41, 5.74) is 9.78. The Kier molecular flexibility index (Phi) is 9.99. The molecule has 2 aromatic rings. The molecule has 7 heteroatoms. The zero-order valence-corrected chi connectivity index (χ0v) is 13.8. The van der Waals surface area contributed by atoms with Gasteiger partial charge in [-0.3, -0.25) is 4.79 Å². The van der Waals surface area contributed by atoms with Crippen molar-refractivity contribution >= 4 is 42.1 Å². The lowest BCUT2D eigenvalue weighted by Gasteiger charge is -2.11. The number of carbonyl (C=O) groups excluding carboxylic acids is 1. The Labute approximate surface area is 141 Å². The molecule has 21 heavy (non-hydrogen) atoms. The van der Waals surface area contributed by atoms with Crippen LogP contribution in [0.2, 0.25) is 0 Å². The van der Waals surface area contributed by atoms with Gasteiger partial charge in [-0.1, -0.05) is 30.3 Å². The predicted molar refractivity (Wildman–Crippen MR) is 91.3 cm³/mol. The molecule has 0 aliphatic rings. The molecule has 0 saturated heterocycles. The number of benzene rings is 1. The maximum atomic E-state index is 11.7. The van der Waals surface area contributed by atoms with Gasteiger partial charge in [0.25, 0.3) is 0 Å². The van der Waals surface area contributed by atoms with Crippen LogP contribution in [0.4, 0.5) is 0 Å². The number of rotatable bonds is 6. The Morgan fingerprint density at radius 3 is 2.62 bits per heavy atom. The molecule has 1 atom stereocenters. The Balaban J connectivity index is 0.00000200. The van der Waals surface area contributed by atoms with Crippen molar-refractivity contribution in [2.45, 2.75) is 18.9 Å². The number of amides is 1. The van der Waals surface area contributed by atoms with Gasteiger partial charge in [-0.25, -0.2) is 4.98 Å². The smallest absolute Gasteiger partial charge is 0.221 e. The average molecular weight is 348 g/mol. The van der Waals surface area contributed by atoms with Crippen molar-refractivity contribution in [3.8, 4) is 0 Å². The first kappa shape index (κ1) is 19.9. The van der Waals surface area contributed by atoms with Crippen molar-refractivity contribution in [2.24, 2.45) is 5.73 Å². The van der Waals surface area contributed by atoms with E-state index in [0.29, 0.717) is 13.0 Å². The van der Waals surface area contributed by atoms with E-state index in [1.807, 2.05) is 35.7 Å². The number of nitrogens with two attached hydrogens (primary N) is 1. The third-order valence-corrected chi connectivity index (χ3v) is 3.46. The fraction of sp³-hybridized carbons (Fsp3) is 0.286. The Morgan fingerprint density at radius 2 is 2.00 bits per heavy atom. The first-order chi connectivity index (χ1) is 9.25. The number of carbonyl (C=O) groups is 1. The molecule has 0 saturated carbocycles. The largest absolute Gasteiger partial charge is 0.356 e. The molecule has 0 spiro atoms. The van der Waals surface area contributed by atoms with Gasteiger partial charge < -0.3 is 11.1 Å². The number of hydrogen-bond donors (Lipinski definition) is 2. The summed E-state index contributed by atoms with van der Waals surface area (Å²) in [5.74, 6) is -0.0217. The summed E-state index contributed by atoms with van der Waals surface area (Å²) in [6, 6.07) is 9.41. The summed E-state index contributed by atoms with van der Waals surface area (Å²) < 4.78 is 0. The van der Waals surface area contributed by atoms with E-state index in [4.69, 9.17) is 5.73 Å². The SMILES string of the molecule is Cl.Cl.NC(CC(=O)NCCc1cscn1)c1ccccc1. The number of hydrogen-bond acceptors (Lipinski definition) is 4. The van der Waals surface area contributed by atoms with E-state index >= 15 is 0 Å². The summed E-state index contributed by atoms with van der Waals surface area (Å²) in [4.78, 5) is 15.9. The molecule has 1 unspecified atom stereocenters. The van der Waals surface area contributed by atoms with Gasteiger partial charge in [-0.15, -0.1) is 36.2 Å². The van der Waals surface area contributed by atoms with E-state index in [9.17, 15) is 4.79 Å². The molecule has 0 fully saturated rings. The number of halogens is 2. The second-order valence-electron chi connectivity index (χ2n) is 4.30. The van der Waals surface area contributed by atoms with Crippen LogP contribution in [-0.2, 0) is 11.2 Å². The van der Waals surface area contributed by atoms with E-state index in [0.717, 1.165) is 17.7 Å². The lowest BCUT2D eigenvalue weighted by atomic mass is 10.0. The van der Waals surface area contributed by atoms with E-state index in [1.165, 1.54) is 0 Å². The highest BCUT2D eigenvalue weighted by Gasteiger charge is 2.10. The van der Waals surface area contributed by atoms with Crippen LogP contribution < -0.4 is 11.1 Å². The second kappa shape index (κ2) is 10.6. The molecule has 0 aliphatic heterocycles. The molecule has 0 radical (unpaired) electrons. The molecule has 3 N–H and O–H groups in total. The summed E-state index contributed by atoms with van der Waals surface area (Å²) >= 11 is 1.56. The van der Waals surface area contributed by atoms with Gasteiger partial charge in [-0.05, 0) is 5.56 Å². The molecule has 4 nitrogen and oxygen atoms in total. The van der Waals surface area contributed by atoms with Gasteiger partial charge in [0.2, 0.25) is 5.91 Å². The first-order valence-corrected chi connectivity index (χ1v) is 7.14. The summed E-state index contributed by atoms with van der Waals surface area (Å²) in [5, 5.41) is 4.86. The number of thiazole rings is 1. The van der Waals surface area contributed by atoms with Crippen molar-refractivity contribution in [1.82, 2.24) is 10.3 Å². The van der Waals surface area contributed by atoms with E-state index < -0.39 is 0 Å². The summed E-state index contributed by atoms with van der Waals surface area (Å²) in [6.07, 6.45) is 1.07. The molecule has 2 rings (SSSR count). The normalized spacial score (nSPS) is 10.9. The molecular weight excluding hydrogens is 329 g/mol. The molecule has 0 aliphatic carbocycles. The second-order valence-corrected chi connectivity index (χ2v) is 5.02. The van der Waals surface area contributed by atoms with Gasteiger partial charge in [0.1, 0.15) is 0 Å². The Morgan fingerprint density at radius 1 is 1.29 bits per heavy atom. The van der Waals surface area contributed by atoms with Crippen molar-refractivity contribution in [1.29, 1.82) is 0 Å². The van der Waals surface area contributed by atoms with Gasteiger partial charge in [-0.2, -0.15) is 0 Å². The van der Waals surface area contributed by atoms with Crippen LogP contribution in [0.1, 0.15) is 23.7 Å². The first-order valence-electron chi connectivity index (χ1n) is 6.20. The van der Waals surface area contributed by atoms with Crippen LogP contribution in [-0.4, -0.2) is 17.4 Å². The standard InChI is InChI=1S/C14H17N3OS.2ClH/c15-13(11-4-2-1-3-5-11)8-14(18)16-7-6-12-9-19-10-17-12;;/h1-5,9-10,13H,6-8,15H2,(H,16,18);2*1H. The molecule has 0 bridgehead atoms. The van der Waals surface area contributed by atoms with E-state index in [2.05, 4.69) is 10.3 Å². The minimum Gasteiger partial charge on any atom is -0.356 e. The highest BCUT2D eigenvalue weighted by Crippen LogP contribution is 2.12. The zero-order valence-electron chi connectivity index (χ0n) is 11.4. The quantitative estimate of drug-likeness (QED) is 0.843. The van der Waals surface area contributed by atoms with E-state index in [1.54, 1.807) is 16.8 Å². The van der Waals surface area contributed by atoms with Gasteiger partial charge in [0, 0.05) is 30.8 Å². The lowest BCUT2D eigenvalue weighted by Crippen LogP contribution is -2.29. The van der Waals surface area contributed by atoms with E-state index in [-0.39, 0.29) is 36.8 Å². The molecule has 1 aromatic heterocycles. The molecular formula is C14H19Cl2N3OS. The van der Waals surface area contributed by atoms with Gasteiger partial charge in [0.15, 0.2) is 0 Å². The van der Waals surface area contributed by atoms with Crippen LogP contribution in [0, 0.1) is 0 Å². The predicted octanol–water partition coefficient (Wildman–Crippen LogP) is 2.74. The molecule has 116 valence electrons. The van der Waals surface area contributed by atoms with Gasteiger partial charge >= 0.3 is 0 Å². The topological polar surface area (TPSA) is 68.0 Å². The molecule has 1 amide bonds. The monoisotopic (exact) mass is 347 g/mol. The zero-order chi connectivity index (χ0) is 13.5. The Bertz CT molecular complexity index is 508. The Hall–Kier alpha value is -1.14. The van der Waals surface area contributed by atoms with Crippen molar-refractivity contribution < 1.29 is 4.79 Å². The third kappa shape index (κ3) is 6.91. The minimum absolute atomic E-state index is 0. The van der Waals surface area contributed by atoms with Crippen LogP contribution in [0.3, 0.4) is 0 Å². The fourth-order valence-corrected chi connectivity index (χ4v) is 2.37. The maximum absolute atomic E-state index is 11.7. The number of aromatic nitrogens is 1. The van der Waals surface area contributed by atoms with Crippen molar-refractivity contribution in [2.75, 3.05) is 6.54 Å². The van der Waals surface area contributed by atoms with Crippen LogP contribution in [0.15, 0.2) is 41.2 Å². The highest BCUT2D eigenvalue weighted by molar-refractivity contribution is 7.07. The number of nitrogens with zero attached hydrogens (tertiary/aromatic N) is 1. The summed E-state index contributed by atoms with van der Waals surface area (Å²) in [6.45, 7) is 0.601.